The van der Waals surface area contributed by atoms with Crippen LogP contribution in [-0.4, -0.2) is 22.8 Å². The molecule has 5 rings (SSSR count). The number of fused-ring (bicyclic) bond motifs is 2. The molecule has 2 aliphatic heterocycles. The maximum absolute atomic E-state index is 4.42. The first-order chi connectivity index (χ1) is 13.0. The van der Waals surface area contributed by atoms with Crippen molar-refractivity contribution in [1.29, 1.82) is 0 Å². The molecule has 2 atom stereocenters. The molecular weight excluding hydrogens is 332 g/mol. The van der Waals surface area contributed by atoms with Gasteiger partial charge in [-0.05, 0) is 28.2 Å². The first-order valence-corrected chi connectivity index (χ1v) is 9.57. The second-order valence-electron chi connectivity index (χ2n) is 8.56. The summed E-state index contributed by atoms with van der Waals surface area (Å²) < 4.78 is 0. The Bertz CT molecular complexity index is 990. The molecule has 4 nitrogen and oxygen atoms in total. The Morgan fingerprint density at radius 3 is 2.63 bits per heavy atom. The van der Waals surface area contributed by atoms with Crippen molar-refractivity contribution in [3.63, 3.8) is 0 Å². The van der Waals surface area contributed by atoms with Crippen LogP contribution in [0.25, 0.3) is 11.8 Å². The van der Waals surface area contributed by atoms with Gasteiger partial charge >= 0.3 is 0 Å². The van der Waals surface area contributed by atoms with Gasteiger partial charge in [0.2, 0.25) is 0 Å². The number of allylic oxidation sites excluding steroid dienone is 1. The van der Waals surface area contributed by atoms with Gasteiger partial charge in [0.05, 0.1) is 17.9 Å². The van der Waals surface area contributed by atoms with Crippen LogP contribution >= 0.6 is 0 Å². The third kappa shape index (κ3) is 2.59. The molecule has 3 aliphatic rings. The largest absolute Gasteiger partial charge is 0.383 e. The molecule has 0 amide bonds. The monoisotopic (exact) mass is 356 g/mol. The van der Waals surface area contributed by atoms with Gasteiger partial charge in [-0.2, -0.15) is 5.10 Å². The smallest absolute Gasteiger partial charge is 0.116 e. The maximum Gasteiger partial charge on any atom is 0.116 e. The van der Waals surface area contributed by atoms with Crippen LogP contribution in [0.5, 0.6) is 0 Å². The molecule has 136 valence electrons. The van der Waals surface area contributed by atoms with Crippen molar-refractivity contribution in [2.45, 2.75) is 38.1 Å². The SMILES string of the molecule is CC(C)(C)c1ccc(C2CNC3=C4C(=CNC42)C=Cc2ccnnc23)cc1. The van der Waals surface area contributed by atoms with E-state index < -0.39 is 0 Å². The van der Waals surface area contributed by atoms with Gasteiger partial charge in [0.15, 0.2) is 0 Å². The molecule has 0 saturated carbocycles. The highest BCUT2D eigenvalue weighted by Crippen LogP contribution is 2.41. The van der Waals surface area contributed by atoms with Gasteiger partial charge in [-0.1, -0.05) is 57.2 Å². The molecule has 0 fully saturated rings. The summed E-state index contributed by atoms with van der Waals surface area (Å²) in [5.41, 5.74) is 8.62. The van der Waals surface area contributed by atoms with Gasteiger partial charge in [0, 0.05) is 29.8 Å². The third-order valence-corrected chi connectivity index (χ3v) is 5.85. The fourth-order valence-corrected chi connectivity index (χ4v) is 4.30. The lowest BCUT2D eigenvalue weighted by atomic mass is 9.80. The summed E-state index contributed by atoms with van der Waals surface area (Å²) in [6.07, 6.45) is 8.21. The Morgan fingerprint density at radius 1 is 1.04 bits per heavy atom. The highest BCUT2D eigenvalue weighted by atomic mass is 15.1. The zero-order valence-corrected chi connectivity index (χ0v) is 16.0. The number of nitrogens with one attached hydrogen (secondary N) is 2. The zero-order chi connectivity index (χ0) is 18.6. The van der Waals surface area contributed by atoms with E-state index in [9.17, 15) is 0 Å². The van der Waals surface area contributed by atoms with E-state index in [0.29, 0.717) is 5.92 Å². The van der Waals surface area contributed by atoms with E-state index in [0.717, 1.165) is 23.5 Å². The quantitative estimate of drug-likeness (QED) is 0.817. The summed E-state index contributed by atoms with van der Waals surface area (Å²) in [5.74, 6) is 0.373. The van der Waals surface area contributed by atoms with Crippen molar-refractivity contribution in [3.8, 4) is 0 Å². The summed E-state index contributed by atoms with van der Waals surface area (Å²) in [6, 6.07) is 11.4. The highest BCUT2D eigenvalue weighted by molar-refractivity contribution is 5.83. The second-order valence-corrected chi connectivity index (χ2v) is 8.56. The molecule has 4 heteroatoms. The standard InChI is InChI=1S/C23H24N4/c1-23(2,3)17-8-6-14(7-9-17)18-13-25-22-19-16(12-24-21(18)19)5-4-15-10-11-26-27-20(15)22/h4-12,18,21,24-25H,13H2,1-3H3. The van der Waals surface area contributed by atoms with Crippen LogP contribution in [0.2, 0.25) is 0 Å². The van der Waals surface area contributed by atoms with Crippen molar-refractivity contribution in [2.24, 2.45) is 0 Å². The number of hydrogen-bond donors (Lipinski definition) is 2. The minimum Gasteiger partial charge on any atom is -0.383 e. The summed E-state index contributed by atoms with van der Waals surface area (Å²) in [7, 11) is 0. The van der Waals surface area contributed by atoms with Crippen LogP contribution < -0.4 is 10.6 Å². The Kier molecular flexibility index (Phi) is 3.51. The van der Waals surface area contributed by atoms with Crippen molar-refractivity contribution in [1.82, 2.24) is 20.8 Å². The van der Waals surface area contributed by atoms with E-state index in [2.05, 4.69) is 84.2 Å². The third-order valence-electron chi connectivity index (χ3n) is 5.85. The van der Waals surface area contributed by atoms with E-state index >= 15 is 0 Å². The highest BCUT2D eigenvalue weighted by Gasteiger charge is 2.38. The fourth-order valence-electron chi connectivity index (χ4n) is 4.30. The molecule has 0 spiro atoms. The zero-order valence-electron chi connectivity index (χ0n) is 16.0. The second kappa shape index (κ2) is 5.81. The molecule has 0 bridgehead atoms. The molecule has 0 radical (unpaired) electrons. The van der Waals surface area contributed by atoms with Gasteiger partial charge in [0.1, 0.15) is 5.69 Å². The van der Waals surface area contributed by atoms with Crippen molar-refractivity contribution in [3.05, 3.63) is 82.3 Å². The molecule has 1 aromatic carbocycles. The summed E-state index contributed by atoms with van der Waals surface area (Å²) in [4.78, 5) is 0. The average molecular weight is 356 g/mol. The van der Waals surface area contributed by atoms with Gasteiger partial charge in [-0.3, -0.25) is 0 Å². The number of hydrogen-bond acceptors (Lipinski definition) is 4. The molecule has 2 aromatic rings. The van der Waals surface area contributed by atoms with E-state index in [-0.39, 0.29) is 11.5 Å². The molecule has 0 saturated heterocycles. The Morgan fingerprint density at radius 2 is 1.85 bits per heavy atom. The van der Waals surface area contributed by atoms with Gasteiger partial charge in [-0.15, -0.1) is 5.10 Å². The Hall–Kier alpha value is -2.88. The molecule has 1 aromatic heterocycles. The van der Waals surface area contributed by atoms with E-state index in [1.165, 1.54) is 22.3 Å². The van der Waals surface area contributed by atoms with Crippen LogP contribution in [0.3, 0.4) is 0 Å². The normalized spacial score (nSPS) is 23.0. The average Bonchev–Trinajstić information content (AvgIpc) is 3.02. The molecule has 1 aliphatic carbocycles. The van der Waals surface area contributed by atoms with E-state index in [1.807, 2.05) is 6.07 Å². The minimum atomic E-state index is 0.174. The predicted molar refractivity (Wildman–Crippen MR) is 109 cm³/mol. The van der Waals surface area contributed by atoms with Gasteiger partial charge in [-0.25, -0.2) is 0 Å². The molecule has 27 heavy (non-hydrogen) atoms. The molecule has 3 heterocycles. The number of nitrogens with zero attached hydrogens (tertiary/aromatic N) is 2. The minimum absolute atomic E-state index is 0.174. The van der Waals surface area contributed by atoms with Crippen LogP contribution in [0, 0.1) is 0 Å². The van der Waals surface area contributed by atoms with Crippen LogP contribution in [0.4, 0.5) is 0 Å². The predicted octanol–water partition coefficient (Wildman–Crippen LogP) is 3.75. The molecule has 2 N–H and O–H groups in total. The van der Waals surface area contributed by atoms with Gasteiger partial charge < -0.3 is 10.6 Å². The van der Waals surface area contributed by atoms with Crippen LogP contribution in [0.15, 0.2) is 60.0 Å². The molecule has 2 unspecified atom stereocenters. The first kappa shape index (κ1) is 16.3. The lowest BCUT2D eigenvalue weighted by molar-refractivity contribution is 0.515. The number of aromatic nitrogens is 2. The van der Waals surface area contributed by atoms with Gasteiger partial charge in [0.25, 0.3) is 0 Å². The lowest BCUT2D eigenvalue weighted by Crippen LogP contribution is -2.41. The van der Waals surface area contributed by atoms with E-state index in [1.54, 1.807) is 6.20 Å². The van der Waals surface area contributed by atoms with Crippen molar-refractivity contribution >= 4 is 11.8 Å². The lowest BCUT2D eigenvalue weighted by Gasteiger charge is -2.34. The summed E-state index contributed by atoms with van der Waals surface area (Å²) >= 11 is 0. The van der Waals surface area contributed by atoms with Crippen LogP contribution in [0.1, 0.15) is 49.1 Å². The van der Waals surface area contributed by atoms with Crippen LogP contribution in [-0.2, 0) is 5.41 Å². The Balaban J connectivity index is 1.55. The first-order valence-electron chi connectivity index (χ1n) is 9.57. The molecular formula is C23H24N4. The van der Waals surface area contributed by atoms with Crippen molar-refractivity contribution < 1.29 is 0 Å². The Labute approximate surface area is 160 Å². The van der Waals surface area contributed by atoms with E-state index in [4.69, 9.17) is 0 Å². The number of rotatable bonds is 1. The fraction of sp³-hybridized carbons (Fsp3) is 0.304. The number of benzene rings is 1. The maximum atomic E-state index is 4.42. The topological polar surface area (TPSA) is 49.8 Å². The summed E-state index contributed by atoms with van der Waals surface area (Å²) in [5, 5.41) is 15.8. The van der Waals surface area contributed by atoms with Crippen molar-refractivity contribution in [2.75, 3.05) is 6.54 Å². The summed E-state index contributed by atoms with van der Waals surface area (Å²) in [6.45, 7) is 7.65.